The van der Waals surface area contributed by atoms with Gasteiger partial charge in [-0.05, 0) is 49.7 Å². The fraction of sp³-hybridized carbons (Fsp3) is 0.263. The molecule has 3 rings (SSSR count). The minimum absolute atomic E-state index is 0.0519. The molecule has 6 heteroatoms. The highest BCUT2D eigenvalue weighted by Crippen LogP contribution is 2.22. The number of anilines is 2. The zero-order valence-corrected chi connectivity index (χ0v) is 15.8. The SMILES string of the molecule is Cc1ccc(N2CCN(CC(=O)Nc3ccc(Br)c(C)c3)C2=O)cc1. The van der Waals surface area contributed by atoms with E-state index >= 15 is 0 Å². The number of urea groups is 1. The molecule has 2 aromatic rings. The first-order valence-corrected chi connectivity index (χ1v) is 8.92. The summed E-state index contributed by atoms with van der Waals surface area (Å²) in [6.45, 7) is 5.15. The Morgan fingerprint density at radius 1 is 1.12 bits per heavy atom. The van der Waals surface area contributed by atoms with Crippen molar-refractivity contribution in [3.8, 4) is 0 Å². The molecule has 0 aromatic heterocycles. The Morgan fingerprint density at radius 2 is 1.84 bits per heavy atom. The molecule has 0 aliphatic carbocycles. The maximum absolute atomic E-state index is 12.5. The summed E-state index contributed by atoms with van der Waals surface area (Å²) in [5.74, 6) is -0.194. The van der Waals surface area contributed by atoms with Crippen LogP contribution in [0.3, 0.4) is 0 Å². The van der Waals surface area contributed by atoms with Crippen LogP contribution in [-0.4, -0.2) is 36.5 Å². The van der Waals surface area contributed by atoms with Crippen LogP contribution in [0.5, 0.6) is 0 Å². The second kappa shape index (κ2) is 7.27. The number of nitrogens with one attached hydrogen (secondary N) is 1. The number of hydrogen-bond donors (Lipinski definition) is 1. The molecule has 0 unspecified atom stereocenters. The monoisotopic (exact) mass is 401 g/mol. The number of halogens is 1. The van der Waals surface area contributed by atoms with E-state index in [2.05, 4.69) is 21.2 Å². The lowest BCUT2D eigenvalue weighted by Gasteiger charge is -2.18. The van der Waals surface area contributed by atoms with Crippen LogP contribution in [-0.2, 0) is 4.79 Å². The Morgan fingerprint density at radius 3 is 2.52 bits per heavy atom. The Labute approximate surface area is 155 Å². The third-order valence-electron chi connectivity index (χ3n) is 4.22. The molecule has 0 atom stereocenters. The van der Waals surface area contributed by atoms with Gasteiger partial charge in [0.05, 0.1) is 0 Å². The zero-order chi connectivity index (χ0) is 18.0. The molecule has 0 bridgehead atoms. The topological polar surface area (TPSA) is 52.6 Å². The van der Waals surface area contributed by atoms with Crippen molar-refractivity contribution >= 4 is 39.2 Å². The number of hydrogen-bond acceptors (Lipinski definition) is 2. The van der Waals surface area contributed by atoms with Crippen LogP contribution in [0.2, 0.25) is 0 Å². The molecule has 1 N–H and O–H groups in total. The molecule has 1 aliphatic heterocycles. The molecular formula is C19H20BrN3O2. The maximum Gasteiger partial charge on any atom is 0.325 e. The largest absolute Gasteiger partial charge is 0.325 e. The summed E-state index contributed by atoms with van der Waals surface area (Å²) < 4.78 is 0.994. The molecular weight excluding hydrogens is 382 g/mol. The van der Waals surface area contributed by atoms with E-state index in [1.165, 1.54) is 0 Å². The van der Waals surface area contributed by atoms with Gasteiger partial charge in [-0.1, -0.05) is 33.6 Å². The first-order chi connectivity index (χ1) is 11.9. The van der Waals surface area contributed by atoms with E-state index in [1.54, 1.807) is 9.80 Å². The smallest absolute Gasteiger partial charge is 0.325 e. The summed E-state index contributed by atoms with van der Waals surface area (Å²) in [6, 6.07) is 13.3. The van der Waals surface area contributed by atoms with Crippen molar-refractivity contribution < 1.29 is 9.59 Å². The quantitative estimate of drug-likeness (QED) is 0.842. The van der Waals surface area contributed by atoms with E-state index in [9.17, 15) is 9.59 Å². The molecule has 1 fully saturated rings. The molecule has 3 amide bonds. The number of nitrogens with zero attached hydrogens (tertiary/aromatic N) is 2. The number of amides is 3. The molecule has 0 saturated carbocycles. The van der Waals surface area contributed by atoms with E-state index in [-0.39, 0.29) is 18.5 Å². The molecule has 0 spiro atoms. The summed E-state index contributed by atoms with van der Waals surface area (Å²) in [5, 5.41) is 2.85. The lowest BCUT2D eigenvalue weighted by Crippen LogP contribution is -2.37. The van der Waals surface area contributed by atoms with Gasteiger partial charge in [0.15, 0.2) is 0 Å². The van der Waals surface area contributed by atoms with Gasteiger partial charge in [0, 0.05) is 28.9 Å². The molecule has 0 radical (unpaired) electrons. The van der Waals surface area contributed by atoms with Gasteiger partial charge >= 0.3 is 6.03 Å². The van der Waals surface area contributed by atoms with Crippen LogP contribution in [0.15, 0.2) is 46.9 Å². The molecule has 130 valence electrons. The van der Waals surface area contributed by atoms with Gasteiger partial charge in [-0.25, -0.2) is 4.79 Å². The van der Waals surface area contributed by atoms with Crippen LogP contribution >= 0.6 is 15.9 Å². The number of carbonyl (C=O) groups is 2. The minimum Gasteiger partial charge on any atom is -0.325 e. The maximum atomic E-state index is 12.5. The van der Waals surface area contributed by atoms with Crippen molar-refractivity contribution in [2.24, 2.45) is 0 Å². The van der Waals surface area contributed by atoms with Gasteiger partial charge in [0.1, 0.15) is 6.54 Å². The Hall–Kier alpha value is -2.34. The second-order valence-corrected chi connectivity index (χ2v) is 7.06. The number of carbonyl (C=O) groups excluding carboxylic acids is 2. The average molecular weight is 402 g/mol. The van der Waals surface area contributed by atoms with Crippen LogP contribution in [0, 0.1) is 13.8 Å². The standard InChI is InChI=1S/C19H20BrN3O2/c1-13-3-6-16(7-4-13)23-10-9-22(19(23)25)12-18(24)21-15-5-8-17(20)14(2)11-15/h3-8,11H,9-10,12H2,1-2H3,(H,21,24). The van der Waals surface area contributed by atoms with Gasteiger partial charge < -0.3 is 10.2 Å². The van der Waals surface area contributed by atoms with E-state index in [0.717, 1.165) is 27.0 Å². The van der Waals surface area contributed by atoms with E-state index in [4.69, 9.17) is 0 Å². The zero-order valence-electron chi connectivity index (χ0n) is 14.3. The third-order valence-corrected chi connectivity index (χ3v) is 5.11. The highest BCUT2D eigenvalue weighted by atomic mass is 79.9. The summed E-state index contributed by atoms with van der Waals surface area (Å²) in [7, 11) is 0. The Balaban J connectivity index is 1.61. The summed E-state index contributed by atoms with van der Waals surface area (Å²) in [5.41, 5.74) is 3.78. The number of rotatable bonds is 4. The lowest BCUT2D eigenvalue weighted by atomic mass is 10.2. The highest BCUT2D eigenvalue weighted by molar-refractivity contribution is 9.10. The van der Waals surface area contributed by atoms with Gasteiger partial charge in [0.25, 0.3) is 0 Å². The van der Waals surface area contributed by atoms with Crippen LogP contribution in [0.4, 0.5) is 16.2 Å². The molecule has 25 heavy (non-hydrogen) atoms. The molecule has 2 aromatic carbocycles. The molecule has 1 heterocycles. The minimum atomic E-state index is -0.194. The summed E-state index contributed by atoms with van der Waals surface area (Å²) in [6.07, 6.45) is 0. The van der Waals surface area contributed by atoms with Crippen LogP contribution in [0.25, 0.3) is 0 Å². The fourth-order valence-electron chi connectivity index (χ4n) is 2.79. The number of benzene rings is 2. The summed E-state index contributed by atoms with van der Waals surface area (Å²) >= 11 is 3.44. The number of aryl methyl sites for hydroxylation is 2. The van der Waals surface area contributed by atoms with Gasteiger partial charge in [-0.3, -0.25) is 9.69 Å². The first-order valence-electron chi connectivity index (χ1n) is 8.13. The van der Waals surface area contributed by atoms with Crippen molar-refractivity contribution in [2.75, 3.05) is 29.9 Å². The van der Waals surface area contributed by atoms with Gasteiger partial charge in [-0.15, -0.1) is 0 Å². The first kappa shape index (κ1) is 17.5. The van der Waals surface area contributed by atoms with Gasteiger partial charge in [-0.2, -0.15) is 0 Å². The Bertz CT molecular complexity index is 805. The van der Waals surface area contributed by atoms with E-state index in [1.807, 2.05) is 56.3 Å². The predicted molar refractivity (Wildman–Crippen MR) is 103 cm³/mol. The Kier molecular flexibility index (Phi) is 5.08. The van der Waals surface area contributed by atoms with Crippen molar-refractivity contribution in [1.29, 1.82) is 0 Å². The van der Waals surface area contributed by atoms with Crippen molar-refractivity contribution in [1.82, 2.24) is 4.90 Å². The van der Waals surface area contributed by atoms with Crippen molar-refractivity contribution in [3.05, 3.63) is 58.1 Å². The fourth-order valence-corrected chi connectivity index (χ4v) is 3.04. The molecule has 1 aliphatic rings. The van der Waals surface area contributed by atoms with Crippen molar-refractivity contribution in [3.63, 3.8) is 0 Å². The highest BCUT2D eigenvalue weighted by Gasteiger charge is 2.30. The van der Waals surface area contributed by atoms with E-state index in [0.29, 0.717) is 13.1 Å². The van der Waals surface area contributed by atoms with Crippen molar-refractivity contribution in [2.45, 2.75) is 13.8 Å². The lowest BCUT2D eigenvalue weighted by molar-refractivity contribution is -0.116. The van der Waals surface area contributed by atoms with E-state index < -0.39 is 0 Å². The average Bonchev–Trinajstić information content (AvgIpc) is 2.93. The predicted octanol–water partition coefficient (Wildman–Crippen LogP) is 3.95. The third kappa shape index (κ3) is 4.02. The summed E-state index contributed by atoms with van der Waals surface area (Å²) in [4.78, 5) is 28.1. The van der Waals surface area contributed by atoms with Gasteiger partial charge in [0.2, 0.25) is 5.91 Å². The molecule has 5 nitrogen and oxygen atoms in total. The van der Waals surface area contributed by atoms with Crippen LogP contribution in [0.1, 0.15) is 11.1 Å². The normalized spacial score (nSPS) is 14.1. The molecule has 1 saturated heterocycles. The van der Waals surface area contributed by atoms with Crippen LogP contribution < -0.4 is 10.2 Å². The second-order valence-electron chi connectivity index (χ2n) is 6.20.